The van der Waals surface area contributed by atoms with E-state index in [0.717, 1.165) is 35.3 Å². The van der Waals surface area contributed by atoms with Gasteiger partial charge in [-0.05, 0) is 92.7 Å². The minimum Gasteiger partial charge on any atom is -0.496 e. The molecule has 2 aliphatic rings. The molecule has 1 amide bonds. The summed E-state index contributed by atoms with van der Waals surface area (Å²) in [5.41, 5.74) is 3.69. The summed E-state index contributed by atoms with van der Waals surface area (Å²) in [5, 5.41) is 0. The van der Waals surface area contributed by atoms with Crippen LogP contribution in [0.1, 0.15) is 74.8 Å². The van der Waals surface area contributed by atoms with E-state index in [1.54, 1.807) is 7.11 Å². The molecule has 0 saturated heterocycles. The highest BCUT2D eigenvalue weighted by atomic mass is 79.9. The Balaban J connectivity index is 1.43. The lowest BCUT2D eigenvalue weighted by atomic mass is 9.78. The first-order valence-electron chi connectivity index (χ1n) is 12.3. The number of benzene rings is 2. The highest BCUT2D eigenvalue weighted by Crippen LogP contribution is 2.38. The number of carbonyl (C=O) groups is 1. The van der Waals surface area contributed by atoms with Crippen molar-refractivity contribution in [1.82, 2.24) is 0 Å². The number of ether oxygens (including phenoxy) is 1. The van der Waals surface area contributed by atoms with Crippen molar-refractivity contribution < 1.29 is 9.53 Å². The maximum Gasteiger partial charge on any atom is 0.230 e. The highest BCUT2D eigenvalue weighted by molar-refractivity contribution is 9.10. The fraction of sp³-hybridized carbons (Fsp3) is 0.536. The number of carbonyl (C=O) groups excluding carboxylic acids is 1. The number of aryl methyl sites for hydroxylation is 1. The monoisotopic (exact) mass is 497 g/mol. The van der Waals surface area contributed by atoms with Gasteiger partial charge in [-0.15, -0.1) is 0 Å². The second-order valence-corrected chi connectivity index (χ2v) is 10.6. The van der Waals surface area contributed by atoms with Crippen LogP contribution >= 0.6 is 15.9 Å². The number of amides is 1. The molecule has 0 aliphatic heterocycles. The van der Waals surface area contributed by atoms with Crippen LogP contribution < -0.4 is 9.64 Å². The van der Waals surface area contributed by atoms with E-state index in [1.165, 1.54) is 56.1 Å². The second kappa shape index (κ2) is 10.9. The van der Waals surface area contributed by atoms with Gasteiger partial charge in [0.15, 0.2) is 0 Å². The Hall–Kier alpha value is -1.81. The summed E-state index contributed by atoms with van der Waals surface area (Å²) in [7, 11) is 1.73. The largest absolute Gasteiger partial charge is 0.496 e. The minimum atomic E-state index is 0.196. The molecule has 2 aromatic rings. The Kier molecular flexibility index (Phi) is 7.93. The number of hydrogen-bond acceptors (Lipinski definition) is 2. The molecule has 2 aromatic carbocycles. The van der Waals surface area contributed by atoms with Gasteiger partial charge in [0.2, 0.25) is 5.91 Å². The molecule has 3 nitrogen and oxygen atoms in total. The second-order valence-electron chi connectivity index (χ2n) is 9.71. The molecule has 0 aromatic heterocycles. The fourth-order valence-electron chi connectivity index (χ4n) is 5.63. The van der Waals surface area contributed by atoms with Crippen molar-refractivity contribution in [2.24, 2.45) is 11.8 Å². The fourth-order valence-corrected chi connectivity index (χ4v) is 6.02. The third-order valence-corrected chi connectivity index (χ3v) is 8.01. The molecule has 0 unspecified atom stereocenters. The van der Waals surface area contributed by atoms with Gasteiger partial charge in [-0.25, -0.2) is 0 Å². The van der Waals surface area contributed by atoms with Crippen LogP contribution in [0.3, 0.4) is 0 Å². The molecular formula is C28H36BrNO2. The molecular weight excluding hydrogens is 462 g/mol. The molecule has 172 valence electrons. The van der Waals surface area contributed by atoms with E-state index in [2.05, 4.69) is 58.1 Å². The zero-order valence-corrected chi connectivity index (χ0v) is 21.1. The van der Waals surface area contributed by atoms with E-state index in [1.807, 2.05) is 12.1 Å². The van der Waals surface area contributed by atoms with Gasteiger partial charge < -0.3 is 9.64 Å². The van der Waals surface area contributed by atoms with Crippen molar-refractivity contribution in [1.29, 1.82) is 0 Å². The van der Waals surface area contributed by atoms with Crippen LogP contribution in [-0.4, -0.2) is 19.6 Å². The number of halogens is 1. The predicted molar refractivity (Wildman–Crippen MR) is 135 cm³/mol. The molecule has 0 atom stereocenters. The van der Waals surface area contributed by atoms with Gasteiger partial charge in [0.05, 0.1) is 7.11 Å². The number of anilines is 1. The number of nitrogens with zero attached hydrogens (tertiary/aromatic N) is 1. The van der Waals surface area contributed by atoms with Gasteiger partial charge in [0.1, 0.15) is 5.75 Å². The lowest BCUT2D eigenvalue weighted by molar-refractivity contribution is -0.123. The zero-order chi connectivity index (χ0) is 22.5. The van der Waals surface area contributed by atoms with Crippen LogP contribution in [-0.2, 0) is 4.79 Å². The van der Waals surface area contributed by atoms with Crippen molar-refractivity contribution >= 4 is 27.5 Å². The standard InChI is InChI=1S/C28H36BrNO2/c1-20-17-24(15-16-27(20)32-2)22-13-11-21(12-14-22)19-30(26-10-6-9-25(29)18-26)28(31)23-7-4-3-5-8-23/h6,9-10,15-18,21-23H,3-5,7-8,11-14,19H2,1-2H3. The number of methoxy groups -OCH3 is 1. The van der Waals surface area contributed by atoms with Gasteiger partial charge in [0, 0.05) is 22.6 Å². The quantitative estimate of drug-likeness (QED) is 0.409. The van der Waals surface area contributed by atoms with Gasteiger partial charge >= 0.3 is 0 Å². The van der Waals surface area contributed by atoms with Crippen LogP contribution in [0, 0.1) is 18.8 Å². The van der Waals surface area contributed by atoms with E-state index in [-0.39, 0.29) is 5.92 Å². The summed E-state index contributed by atoms with van der Waals surface area (Å²) in [4.78, 5) is 15.7. The maximum atomic E-state index is 13.6. The van der Waals surface area contributed by atoms with Crippen LogP contribution in [0.2, 0.25) is 0 Å². The third kappa shape index (κ3) is 5.57. The molecule has 4 heteroatoms. The zero-order valence-electron chi connectivity index (χ0n) is 19.5. The average molecular weight is 499 g/mol. The maximum absolute atomic E-state index is 13.6. The van der Waals surface area contributed by atoms with Gasteiger partial charge in [-0.1, -0.05) is 53.4 Å². The Morgan fingerprint density at radius 1 is 1.00 bits per heavy atom. The van der Waals surface area contributed by atoms with E-state index in [4.69, 9.17) is 4.74 Å². The molecule has 2 saturated carbocycles. The number of rotatable bonds is 6. The summed E-state index contributed by atoms with van der Waals surface area (Å²) >= 11 is 3.60. The molecule has 2 fully saturated rings. The van der Waals surface area contributed by atoms with Crippen LogP contribution in [0.4, 0.5) is 5.69 Å². The molecule has 4 rings (SSSR count). The van der Waals surface area contributed by atoms with E-state index in [0.29, 0.717) is 17.7 Å². The van der Waals surface area contributed by atoms with Gasteiger partial charge in [0.25, 0.3) is 0 Å². The van der Waals surface area contributed by atoms with Crippen molar-refractivity contribution in [3.8, 4) is 5.75 Å². The summed E-state index contributed by atoms with van der Waals surface area (Å²) in [6.45, 7) is 2.97. The first-order valence-corrected chi connectivity index (χ1v) is 13.1. The molecule has 0 heterocycles. The predicted octanol–water partition coefficient (Wildman–Crippen LogP) is 7.65. The Morgan fingerprint density at radius 2 is 1.75 bits per heavy atom. The first kappa shape index (κ1) is 23.4. The van der Waals surface area contributed by atoms with Crippen LogP contribution in [0.25, 0.3) is 0 Å². The highest BCUT2D eigenvalue weighted by Gasteiger charge is 2.31. The Bertz CT molecular complexity index is 913. The normalized spacial score (nSPS) is 21.8. The van der Waals surface area contributed by atoms with E-state index < -0.39 is 0 Å². The molecule has 0 radical (unpaired) electrons. The van der Waals surface area contributed by atoms with Crippen molar-refractivity contribution in [3.05, 3.63) is 58.1 Å². The van der Waals surface area contributed by atoms with Crippen molar-refractivity contribution in [2.75, 3.05) is 18.6 Å². The molecule has 0 spiro atoms. The summed E-state index contributed by atoms with van der Waals surface area (Å²) in [6, 6.07) is 14.9. The summed E-state index contributed by atoms with van der Waals surface area (Å²) in [6.07, 6.45) is 10.5. The van der Waals surface area contributed by atoms with E-state index in [9.17, 15) is 4.79 Å². The van der Waals surface area contributed by atoms with Crippen LogP contribution in [0.15, 0.2) is 46.9 Å². The van der Waals surface area contributed by atoms with Crippen molar-refractivity contribution in [3.63, 3.8) is 0 Å². The van der Waals surface area contributed by atoms with Gasteiger partial charge in [-0.2, -0.15) is 0 Å². The smallest absolute Gasteiger partial charge is 0.230 e. The third-order valence-electron chi connectivity index (χ3n) is 7.52. The summed E-state index contributed by atoms with van der Waals surface area (Å²) < 4.78 is 6.47. The summed E-state index contributed by atoms with van der Waals surface area (Å²) in [5.74, 6) is 2.69. The lowest BCUT2D eigenvalue weighted by Gasteiger charge is -2.35. The van der Waals surface area contributed by atoms with Crippen molar-refractivity contribution in [2.45, 2.75) is 70.6 Å². The Morgan fingerprint density at radius 3 is 2.41 bits per heavy atom. The van der Waals surface area contributed by atoms with E-state index >= 15 is 0 Å². The Labute approximate surface area is 201 Å². The minimum absolute atomic E-state index is 0.196. The average Bonchev–Trinajstić information content (AvgIpc) is 2.83. The van der Waals surface area contributed by atoms with Gasteiger partial charge in [-0.3, -0.25) is 4.79 Å². The van der Waals surface area contributed by atoms with Crippen LogP contribution in [0.5, 0.6) is 5.75 Å². The molecule has 0 N–H and O–H groups in total. The number of hydrogen-bond donors (Lipinski definition) is 0. The lowest BCUT2D eigenvalue weighted by Crippen LogP contribution is -2.41. The molecule has 0 bridgehead atoms. The SMILES string of the molecule is COc1ccc(C2CCC(CN(C(=O)C3CCCCC3)c3cccc(Br)c3)CC2)cc1C. The topological polar surface area (TPSA) is 29.5 Å². The molecule has 2 aliphatic carbocycles. The molecule has 32 heavy (non-hydrogen) atoms. The first-order chi connectivity index (χ1) is 15.5.